The van der Waals surface area contributed by atoms with E-state index >= 15 is 0 Å². The number of rotatable bonds is 12. The van der Waals surface area contributed by atoms with E-state index in [0.29, 0.717) is 42.6 Å². The number of nitrogens with one attached hydrogen (secondary N) is 1. The number of ether oxygens (including phenoxy) is 3. The SMILES string of the molecule is CCOc1cc(COc2ccc(/C=C(/C#N)C(=O)Nc3cccc([N+](=O)[O-])c3)cc2)ccc1OCc1ccccc1. The molecule has 4 aromatic rings. The van der Waals surface area contributed by atoms with Crippen LogP contribution in [-0.4, -0.2) is 17.4 Å². The minimum Gasteiger partial charge on any atom is -0.490 e. The van der Waals surface area contributed by atoms with Crippen LogP contribution in [0.2, 0.25) is 0 Å². The van der Waals surface area contributed by atoms with Crippen molar-refractivity contribution >= 4 is 23.4 Å². The third kappa shape index (κ3) is 8.18. The average molecular weight is 550 g/mol. The number of hydrogen-bond donors (Lipinski definition) is 1. The summed E-state index contributed by atoms with van der Waals surface area (Å²) in [7, 11) is 0. The molecule has 0 bridgehead atoms. The molecule has 0 saturated heterocycles. The number of nitro benzene ring substituents is 1. The lowest BCUT2D eigenvalue weighted by molar-refractivity contribution is -0.384. The lowest BCUT2D eigenvalue weighted by atomic mass is 10.1. The Bertz CT molecular complexity index is 1580. The fourth-order valence-corrected chi connectivity index (χ4v) is 3.80. The maximum atomic E-state index is 12.6. The average Bonchev–Trinajstić information content (AvgIpc) is 2.99. The fourth-order valence-electron chi connectivity index (χ4n) is 3.80. The summed E-state index contributed by atoms with van der Waals surface area (Å²) in [4.78, 5) is 22.9. The number of hydrogen-bond acceptors (Lipinski definition) is 7. The molecular formula is C32H27N3O6. The highest BCUT2D eigenvalue weighted by Gasteiger charge is 2.13. The van der Waals surface area contributed by atoms with Crippen molar-refractivity contribution in [1.29, 1.82) is 5.26 Å². The van der Waals surface area contributed by atoms with Gasteiger partial charge in [-0.25, -0.2) is 0 Å². The number of benzene rings is 4. The number of anilines is 1. The summed E-state index contributed by atoms with van der Waals surface area (Å²) in [6.07, 6.45) is 1.43. The molecule has 206 valence electrons. The van der Waals surface area contributed by atoms with Crippen molar-refractivity contribution in [2.45, 2.75) is 20.1 Å². The molecule has 1 N–H and O–H groups in total. The number of amides is 1. The van der Waals surface area contributed by atoms with Crippen molar-refractivity contribution in [3.05, 3.63) is 129 Å². The molecule has 0 aliphatic rings. The second-order valence-corrected chi connectivity index (χ2v) is 8.78. The normalized spacial score (nSPS) is 10.8. The minimum atomic E-state index is -0.672. The second kappa shape index (κ2) is 14.0. The van der Waals surface area contributed by atoms with E-state index in [1.807, 2.05) is 61.5 Å². The number of nitriles is 1. The first-order chi connectivity index (χ1) is 19.9. The highest BCUT2D eigenvalue weighted by atomic mass is 16.6. The predicted octanol–water partition coefficient (Wildman–Crippen LogP) is 6.70. The molecule has 0 aromatic heterocycles. The third-order valence-corrected chi connectivity index (χ3v) is 5.82. The van der Waals surface area contributed by atoms with E-state index < -0.39 is 10.8 Å². The zero-order valence-corrected chi connectivity index (χ0v) is 22.3. The Morgan fingerprint density at radius 3 is 2.34 bits per heavy atom. The second-order valence-electron chi connectivity index (χ2n) is 8.78. The largest absolute Gasteiger partial charge is 0.490 e. The summed E-state index contributed by atoms with van der Waals surface area (Å²) in [5.74, 6) is 1.22. The first kappa shape index (κ1) is 28.4. The predicted molar refractivity (Wildman–Crippen MR) is 154 cm³/mol. The van der Waals surface area contributed by atoms with E-state index in [1.165, 1.54) is 30.3 Å². The van der Waals surface area contributed by atoms with Crippen molar-refractivity contribution in [3.63, 3.8) is 0 Å². The van der Waals surface area contributed by atoms with Crippen LogP contribution in [0.3, 0.4) is 0 Å². The van der Waals surface area contributed by atoms with E-state index in [1.54, 1.807) is 24.3 Å². The summed E-state index contributed by atoms with van der Waals surface area (Å²) >= 11 is 0. The van der Waals surface area contributed by atoms with Gasteiger partial charge in [-0.05, 0) is 60.0 Å². The Morgan fingerprint density at radius 2 is 1.63 bits per heavy atom. The van der Waals surface area contributed by atoms with E-state index in [0.717, 1.165) is 11.1 Å². The zero-order valence-electron chi connectivity index (χ0n) is 22.3. The number of carbonyl (C=O) groups excluding carboxylic acids is 1. The van der Waals surface area contributed by atoms with Gasteiger partial charge < -0.3 is 19.5 Å². The summed E-state index contributed by atoms with van der Waals surface area (Å²) < 4.78 is 17.7. The monoisotopic (exact) mass is 549 g/mol. The lowest BCUT2D eigenvalue weighted by Crippen LogP contribution is -2.13. The first-order valence-corrected chi connectivity index (χ1v) is 12.8. The Morgan fingerprint density at radius 1 is 0.878 bits per heavy atom. The molecule has 4 aromatic carbocycles. The van der Waals surface area contributed by atoms with E-state index in [9.17, 15) is 20.2 Å². The smallest absolute Gasteiger partial charge is 0.271 e. The molecule has 0 aliphatic carbocycles. The highest BCUT2D eigenvalue weighted by molar-refractivity contribution is 6.09. The fraction of sp³-hybridized carbons (Fsp3) is 0.125. The topological polar surface area (TPSA) is 124 Å². The molecule has 0 aliphatic heterocycles. The Hall–Kier alpha value is -5.62. The van der Waals surface area contributed by atoms with Gasteiger partial charge in [0.15, 0.2) is 11.5 Å². The van der Waals surface area contributed by atoms with Crippen LogP contribution in [0.5, 0.6) is 17.2 Å². The van der Waals surface area contributed by atoms with Gasteiger partial charge in [-0.1, -0.05) is 54.6 Å². The molecule has 1 amide bonds. The van der Waals surface area contributed by atoms with Gasteiger partial charge >= 0.3 is 0 Å². The molecule has 41 heavy (non-hydrogen) atoms. The van der Waals surface area contributed by atoms with Crippen LogP contribution in [0.4, 0.5) is 11.4 Å². The molecule has 0 spiro atoms. The molecule has 0 saturated carbocycles. The van der Waals surface area contributed by atoms with E-state index in [-0.39, 0.29) is 16.9 Å². The Balaban J connectivity index is 1.37. The number of nitro groups is 1. The molecule has 9 heteroatoms. The molecule has 0 heterocycles. The maximum Gasteiger partial charge on any atom is 0.271 e. The van der Waals surface area contributed by atoms with Crippen LogP contribution >= 0.6 is 0 Å². The van der Waals surface area contributed by atoms with Gasteiger partial charge in [-0.15, -0.1) is 0 Å². The van der Waals surface area contributed by atoms with Crippen molar-refractivity contribution in [3.8, 4) is 23.3 Å². The van der Waals surface area contributed by atoms with Crippen LogP contribution in [0, 0.1) is 21.4 Å². The Kier molecular flexibility index (Phi) is 9.67. The van der Waals surface area contributed by atoms with Gasteiger partial charge in [0, 0.05) is 17.8 Å². The summed E-state index contributed by atoms with van der Waals surface area (Å²) in [6.45, 7) is 3.13. The first-order valence-electron chi connectivity index (χ1n) is 12.8. The molecular weight excluding hydrogens is 522 g/mol. The minimum absolute atomic E-state index is 0.150. The maximum absolute atomic E-state index is 12.6. The van der Waals surface area contributed by atoms with Crippen molar-refractivity contribution < 1.29 is 23.9 Å². The van der Waals surface area contributed by atoms with Crippen LogP contribution in [0.25, 0.3) is 6.08 Å². The quantitative estimate of drug-likeness (QED) is 0.0903. The van der Waals surface area contributed by atoms with Gasteiger partial charge in [-0.2, -0.15) is 5.26 Å². The van der Waals surface area contributed by atoms with Crippen LogP contribution in [-0.2, 0) is 18.0 Å². The van der Waals surface area contributed by atoms with Crippen molar-refractivity contribution in [1.82, 2.24) is 0 Å². The van der Waals surface area contributed by atoms with Crippen molar-refractivity contribution in [2.24, 2.45) is 0 Å². The van der Waals surface area contributed by atoms with Gasteiger partial charge in [0.25, 0.3) is 11.6 Å². The molecule has 0 unspecified atom stereocenters. The Labute approximate surface area is 237 Å². The molecule has 9 nitrogen and oxygen atoms in total. The summed E-state index contributed by atoms with van der Waals surface area (Å²) in [5.41, 5.74) is 2.48. The van der Waals surface area contributed by atoms with Crippen LogP contribution < -0.4 is 19.5 Å². The molecule has 0 atom stereocenters. The van der Waals surface area contributed by atoms with E-state index in [4.69, 9.17) is 14.2 Å². The van der Waals surface area contributed by atoms with Crippen molar-refractivity contribution in [2.75, 3.05) is 11.9 Å². The van der Waals surface area contributed by atoms with E-state index in [2.05, 4.69) is 5.32 Å². The summed E-state index contributed by atoms with van der Waals surface area (Å²) in [6, 6.07) is 29.8. The van der Waals surface area contributed by atoms with Crippen LogP contribution in [0.15, 0.2) is 103 Å². The van der Waals surface area contributed by atoms with Gasteiger partial charge in [0.2, 0.25) is 0 Å². The molecule has 0 radical (unpaired) electrons. The lowest BCUT2D eigenvalue weighted by Gasteiger charge is -2.14. The standard InChI is InChI=1S/C32H27N3O6/c1-2-39-31-18-25(13-16-30(31)41-21-24-7-4-3-5-8-24)22-40-29-14-11-23(12-15-29)17-26(20-33)32(36)34-27-9-6-10-28(19-27)35(37)38/h3-19H,2,21-22H2,1H3,(H,34,36)/b26-17-. The summed E-state index contributed by atoms with van der Waals surface area (Å²) in [5, 5.41) is 23.0. The molecule has 0 fully saturated rings. The molecule has 4 rings (SSSR count). The van der Waals surface area contributed by atoms with Gasteiger partial charge in [-0.3, -0.25) is 14.9 Å². The number of non-ortho nitro benzene ring substituents is 1. The van der Waals surface area contributed by atoms with Crippen LogP contribution in [0.1, 0.15) is 23.6 Å². The number of carbonyl (C=O) groups is 1. The highest BCUT2D eigenvalue weighted by Crippen LogP contribution is 2.30. The third-order valence-electron chi connectivity index (χ3n) is 5.82. The zero-order chi connectivity index (χ0) is 29.0. The van der Waals surface area contributed by atoms with Gasteiger partial charge in [0.05, 0.1) is 11.5 Å². The number of nitrogens with zero attached hydrogens (tertiary/aromatic N) is 2. The van der Waals surface area contributed by atoms with Gasteiger partial charge in [0.1, 0.15) is 30.6 Å².